The van der Waals surface area contributed by atoms with Gasteiger partial charge in [-0.15, -0.1) is 0 Å². The summed E-state index contributed by atoms with van der Waals surface area (Å²) in [5.74, 6) is 1.31. The molecule has 2 aromatic heterocycles. The number of hydrogen-bond acceptors (Lipinski definition) is 8. The molecule has 0 aliphatic carbocycles. The molecule has 0 bridgehead atoms. The number of benzene rings is 2. The summed E-state index contributed by atoms with van der Waals surface area (Å²) in [6.45, 7) is 1.26. The van der Waals surface area contributed by atoms with Gasteiger partial charge in [0.2, 0.25) is 0 Å². The van der Waals surface area contributed by atoms with Crippen LogP contribution < -0.4 is 20.6 Å². The summed E-state index contributed by atoms with van der Waals surface area (Å²) in [6, 6.07) is 13.8. The first-order valence-corrected chi connectivity index (χ1v) is 11.0. The lowest BCUT2D eigenvalue weighted by molar-refractivity contribution is -0.0523. The molecule has 186 valence electrons. The molecule has 1 fully saturated rings. The van der Waals surface area contributed by atoms with Gasteiger partial charge in [-0.2, -0.15) is 0 Å². The number of nitrogens with zero attached hydrogens (tertiary/aromatic N) is 1. The fourth-order valence-corrected chi connectivity index (χ4v) is 3.84. The molecule has 0 saturated carbocycles. The van der Waals surface area contributed by atoms with E-state index < -0.39 is 6.29 Å². The van der Waals surface area contributed by atoms with Crippen molar-refractivity contribution in [2.45, 2.75) is 12.8 Å². The molecule has 0 radical (unpaired) electrons. The van der Waals surface area contributed by atoms with E-state index in [0.717, 1.165) is 10.8 Å². The molecule has 10 nitrogen and oxygen atoms in total. The van der Waals surface area contributed by atoms with E-state index in [1.165, 1.54) is 4.57 Å². The number of nitrogens with one attached hydrogen (secondary N) is 1. The smallest absolute Gasteiger partial charge is 0.261 e. The maximum absolute atomic E-state index is 12.4. The molecule has 0 unspecified atom stereocenters. The third-order valence-electron chi connectivity index (χ3n) is 5.69. The van der Waals surface area contributed by atoms with Gasteiger partial charge in [0.05, 0.1) is 56.1 Å². The van der Waals surface area contributed by atoms with Crippen molar-refractivity contribution in [3.05, 3.63) is 80.4 Å². The van der Waals surface area contributed by atoms with Crippen LogP contribution in [0.2, 0.25) is 0 Å². The van der Waals surface area contributed by atoms with Gasteiger partial charge in [0.25, 0.3) is 11.1 Å². The number of rotatable bonds is 6. The van der Waals surface area contributed by atoms with Crippen molar-refractivity contribution in [1.82, 2.24) is 9.55 Å². The molecule has 0 atom stereocenters. The zero-order valence-corrected chi connectivity index (χ0v) is 19.7. The number of ether oxygens (including phenoxy) is 4. The summed E-state index contributed by atoms with van der Waals surface area (Å²) in [5.41, 5.74) is 0.850. The van der Waals surface area contributed by atoms with Gasteiger partial charge in [-0.1, -0.05) is 0 Å². The molecule has 0 spiro atoms. The Hall–Kier alpha value is -4.28. The van der Waals surface area contributed by atoms with Crippen LogP contribution in [0.15, 0.2) is 58.1 Å². The normalized spacial score (nSPS) is 13.3. The number of pyridine rings is 2. The Morgan fingerprint density at radius 2 is 1.50 bits per heavy atom. The number of fused-ring (bicyclic) bond motifs is 2. The van der Waals surface area contributed by atoms with Crippen LogP contribution in [0.5, 0.6) is 11.5 Å². The minimum Gasteiger partial charge on any atom is -0.497 e. The first-order chi connectivity index (χ1) is 17.5. The van der Waals surface area contributed by atoms with Gasteiger partial charge in [-0.25, -0.2) is 0 Å². The molecule has 2 aromatic carbocycles. The maximum Gasteiger partial charge on any atom is 0.261 e. The summed E-state index contributed by atoms with van der Waals surface area (Å²) in [4.78, 5) is 48.0. The number of H-pyrrole nitrogens is 1. The monoisotopic (exact) mass is 492 g/mol. The fraction of sp³-hybridized carbons (Fsp3) is 0.231. The molecule has 10 heteroatoms. The Labute approximate surface area is 205 Å². The van der Waals surface area contributed by atoms with Crippen LogP contribution in [0.3, 0.4) is 0 Å². The number of hydrogen-bond donors (Lipinski definition) is 1. The number of aromatic amines is 1. The number of methoxy groups -OCH3 is 2. The Kier molecular flexibility index (Phi) is 7.57. The summed E-state index contributed by atoms with van der Waals surface area (Å²) in [5, 5.41) is 1.59. The molecule has 5 rings (SSSR count). The lowest BCUT2D eigenvalue weighted by Gasteiger charge is -2.15. The van der Waals surface area contributed by atoms with Crippen molar-refractivity contribution in [1.29, 1.82) is 0 Å². The molecule has 3 heterocycles. The van der Waals surface area contributed by atoms with Crippen molar-refractivity contribution >= 4 is 34.4 Å². The summed E-state index contributed by atoms with van der Waals surface area (Å²) in [6.07, 6.45) is 0.639. The van der Waals surface area contributed by atoms with Gasteiger partial charge in [-0.05, 0) is 47.2 Å². The van der Waals surface area contributed by atoms with Crippen LogP contribution in [0, 0.1) is 0 Å². The van der Waals surface area contributed by atoms with Crippen LogP contribution in [0.25, 0.3) is 21.8 Å². The average Bonchev–Trinajstić information content (AvgIpc) is 3.42. The average molecular weight is 492 g/mol. The standard InChI is InChI=1S/C15H15NO5.C11H9NO3/c1-19-12-3-2-10-6-11(9-17)15(18)16(13(10)7-12)8-14-20-4-5-21-14;1-15-9-3-2-7-4-8(6-13)11(14)12-10(7)5-9/h2-3,6-7,9,14H,4-5,8H2,1H3;2-6H,1H3,(H,12,14). The molecular weight excluding hydrogens is 468 g/mol. The first-order valence-electron chi connectivity index (χ1n) is 11.0. The van der Waals surface area contributed by atoms with Crippen molar-refractivity contribution in [3.63, 3.8) is 0 Å². The highest BCUT2D eigenvalue weighted by atomic mass is 16.7. The molecule has 1 saturated heterocycles. The lowest BCUT2D eigenvalue weighted by Crippen LogP contribution is -2.29. The van der Waals surface area contributed by atoms with Crippen molar-refractivity contribution in [3.8, 4) is 11.5 Å². The van der Waals surface area contributed by atoms with Crippen LogP contribution in [0.4, 0.5) is 0 Å². The van der Waals surface area contributed by atoms with Gasteiger partial charge in [-0.3, -0.25) is 19.2 Å². The predicted molar refractivity (Wildman–Crippen MR) is 132 cm³/mol. The molecule has 36 heavy (non-hydrogen) atoms. The first kappa shape index (κ1) is 24.8. The second kappa shape index (κ2) is 11.0. The maximum atomic E-state index is 12.4. The van der Waals surface area contributed by atoms with Gasteiger partial charge in [0.1, 0.15) is 11.5 Å². The van der Waals surface area contributed by atoms with Gasteiger partial charge in [0.15, 0.2) is 18.9 Å². The minimum atomic E-state index is -0.473. The predicted octanol–water partition coefficient (Wildman–Crippen LogP) is 2.54. The van der Waals surface area contributed by atoms with E-state index in [0.29, 0.717) is 48.3 Å². The Balaban J connectivity index is 0.000000179. The van der Waals surface area contributed by atoms with E-state index in [2.05, 4.69) is 4.98 Å². The summed E-state index contributed by atoms with van der Waals surface area (Å²) in [7, 11) is 3.12. The van der Waals surface area contributed by atoms with E-state index in [9.17, 15) is 19.2 Å². The topological polar surface area (TPSA) is 126 Å². The number of aromatic nitrogens is 2. The van der Waals surface area contributed by atoms with Crippen LogP contribution in [-0.4, -0.2) is 55.8 Å². The van der Waals surface area contributed by atoms with Crippen molar-refractivity contribution < 1.29 is 28.5 Å². The third kappa shape index (κ3) is 5.19. The number of aldehydes is 2. The lowest BCUT2D eigenvalue weighted by atomic mass is 10.1. The van der Waals surface area contributed by atoms with Crippen LogP contribution in [-0.2, 0) is 16.0 Å². The highest BCUT2D eigenvalue weighted by Gasteiger charge is 2.19. The molecule has 1 aliphatic rings. The SMILES string of the molecule is COc1ccc2cc(C=O)c(=O)[nH]c2c1.COc1ccc2cc(C=O)c(=O)n(CC3OCCO3)c2c1. The second-order valence-corrected chi connectivity index (χ2v) is 7.85. The van der Waals surface area contributed by atoms with Gasteiger partial charge >= 0.3 is 0 Å². The zero-order valence-electron chi connectivity index (χ0n) is 19.7. The van der Waals surface area contributed by atoms with E-state index in [-0.39, 0.29) is 28.8 Å². The van der Waals surface area contributed by atoms with E-state index >= 15 is 0 Å². The van der Waals surface area contributed by atoms with E-state index in [1.54, 1.807) is 56.7 Å². The molecule has 4 aromatic rings. The number of carbonyl (C=O) groups is 2. The Morgan fingerprint density at radius 1 is 0.889 bits per heavy atom. The largest absolute Gasteiger partial charge is 0.497 e. The van der Waals surface area contributed by atoms with Crippen LogP contribution in [0.1, 0.15) is 20.7 Å². The Bertz CT molecular complexity index is 1530. The minimum absolute atomic E-state index is 0.116. The second-order valence-electron chi connectivity index (χ2n) is 7.85. The molecule has 0 amide bonds. The van der Waals surface area contributed by atoms with Crippen molar-refractivity contribution in [2.75, 3.05) is 27.4 Å². The highest BCUT2D eigenvalue weighted by Crippen LogP contribution is 2.21. The molecular formula is C26H24N2O8. The molecule has 1 aliphatic heterocycles. The number of carbonyl (C=O) groups excluding carboxylic acids is 2. The van der Waals surface area contributed by atoms with Gasteiger partial charge < -0.3 is 28.5 Å². The summed E-state index contributed by atoms with van der Waals surface area (Å²) >= 11 is 0. The van der Waals surface area contributed by atoms with Crippen LogP contribution >= 0.6 is 0 Å². The van der Waals surface area contributed by atoms with Crippen molar-refractivity contribution in [2.24, 2.45) is 0 Å². The summed E-state index contributed by atoms with van der Waals surface area (Å²) < 4.78 is 22.5. The quantitative estimate of drug-likeness (QED) is 0.407. The highest BCUT2D eigenvalue weighted by molar-refractivity contribution is 5.87. The van der Waals surface area contributed by atoms with Gasteiger partial charge in [0, 0.05) is 12.1 Å². The fourth-order valence-electron chi connectivity index (χ4n) is 3.84. The third-order valence-corrected chi connectivity index (χ3v) is 5.69. The van der Waals surface area contributed by atoms with E-state index in [4.69, 9.17) is 18.9 Å². The molecule has 1 N–H and O–H groups in total. The Morgan fingerprint density at radius 3 is 2.14 bits per heavy atom. The zero-order chi connectivity index (χ0) is 25.7. The van der Waals surface area contributed by atoms with E-state index in [1.807, 2.05) is 6.07 Å².